The van der Waals surface area contributed by atoms with E-state index in [1.165, 1.54) is 12.5 Å². The highest BCUT2D eigenvalue weighted by Gasteiger charge is 2.16. The van der Waals surface area contributed by atoms with Crippen LogP contribution < -0.4 is 10.2 Å². The molecular formula is C9H11FN6. The molecule has 0 radical (unpaired) electrons. The van der Waals surface area contributed by atoms with E-state index in [2.05, 4.69) is 25.4 Å². The van der Waals surface area contributed by atoms with Gasteiger partial charge in [0.15, 0.2) is 5.82 Å². The molecule has 1 aliphatic rings. The lowest BCUT2D eigenvalue weighted by molar-refractivity contribution is 0.571. The second-order valence-electron chi connectivity index (χ2n) is 3.67. The van der Waals surface area contributed by atoms with E-state index in [1.807, 2.05) is 0 Å². The molecule has 7 heteroatoms. The molecule has 6 nitrogen and oxygen atoms in total. The first kappa shape index (κ1) is 9.46. The number of hydrogen-bond donors (Lipinski definition) is 1. The van der Waals surface area contributed by atoms with E-state index in [4.69, 9.17) is 0 Å². The summed E-state index contributed by atoms with van der Waals surface area (Å²) in [6, 6.07) is 0. The van der Waals surface area contributed by atoms with Crippen LogP contribution in [0.15, 0.2) is 12.5 Å². The third-order valence-electron chi connectivity index (χ3n) is 2.67. The fourth-order valence-electron chi connectivity index (χ4n) is 1.88. The molecule has 0 aliphatic carbocycles. The van der Waals surface area contributed by atoms with Gasteiger partial charge in [-0.25, -0.2) is 13.8 Å². The second-order valence-corrected chi connectivity index (χ2v) is 3.67. The van der Waals surface area contributed by atoms with Gasteiger partial charge in [0.2, 0.25) is 11.6 Å². The van der Waals surface area contributed by atoms with Gasteiger partial charge in [-0.2, -0.15) is 0 Å². The van der Waals surface area contributed by atoms with E-state index in [-0.39, 0.29) is 5.65 Å². The number of piperazine rings is 1. The molecule has 0 atom stereocenters. The lowest BCUT2D eigenvalue weighted by atomic mass is 10.4. The van der Waals surface area contributed by atoms with Crippen LogP contribution in [0.25, 0.3) is 5.65 Å². The Morgan fingerprint density at radius 1 is 1.31 bits per heavy atom. The number of hydrogen-bond acceptors (Lipinski definition) is 5. The van der Waals surface area contributed by atoms with Crippen LogP contribution in [0, 0.1) is 5.82 Å². The summed E-state index contributed by atoms with van der Waals surface area (Å²) in [7, 11) is 0. The van der Waals surface area contributed by atoms with Gasteiger partial charge in [0.25, 0.3) is 0 Å². The van der Waals surface area contributed by atoms with Crippen LogP contribution in [-0.4, -0.2) is 45.8 Å². The van der Waals surface area contributed by atoms with Crippen LogP contribution in [0.1, 0.15) is 0 Å². The van der Waals surface area contributed by atoms with Crippen molar-refractivity contribution in [2.75, 3.05) is 31.1 Å². The minimum absolute atomic E-state index is 0.225. The van der Waals surface area contributed by atoms with Gasteiger partial charge >= 0.3 is 0 Å². The normalized spacial score (nSPS) is 16.9. The molecule has 84 valence electrons. The first-order valence-electron chi connectivity index (χ1n) is 5.16. The molecule has 16 heavy (non-hydrogen) atoms. The zero-order chi connectivity index (χ0) is 11.0. The molecule has 0 bridgehead atoms. The van der Waals surface area contributed by atoms with Gasteiger partial charge in [0, 0.05) is 26.2 Å². The van der Waals surface area contributed by atoms with Gasteiger partial charge in [-0.1, -0.05) is 0 Å². The van der Waals surface area contributed by atoms with Gasteiger partial charge < -0.3 is 10.2 Å². The Morgan fingerprint density at radius 2 is 2.12 bits per heavy atom. The summed E-state index contributed by atoms with van der Waals surface area (Å²) in [4.78, 5) is 6.20. The van der Waals surface area contributed by atoms with Crippen molar-refractivity contribution in [3.05, 3.63) is 18.3 Å². The molecule has 1 saturated heterocycles. The zero-order valence-corrected chi connectivity index (χ0v) is 8.60. The highest BCUT2D eigenvalue weighted by Crippen LogP contribution is 2.15. The molecular weight excluding hydrogens is 211 g/mol. The first-order chi connectivity index (χ1) is 7.86. The Morgan fingerprint density at radius 3 is 2.94 bits per heavy atom. The second kappa shape index (κ2) is 3.67. The molecule has 0 aromatic carbocycles. The lowest BCUT2D eigenvalue weighted by Gasteiger charge is -2.28. The number of halogens is 1. The van der Waals surface area contributed by atoms with Crippen molar-refractivity contribution in [1.82, 2.24) is 24.9 Å². The van der Waals surface area contributed by atoms with Gasteiger partial charge in [-0.3, -0.25) is 0 Å². The average molecular weight is 222 g/mol. The van der Waals surface area contributed by atoms with Gasteiger partial charge in [0.1, 0.15) is 6.33 Å². The third kappa shape index (κ3) is 1.40. The smallest absolute Gasteiger partial charge is 0.212 e. The summed E-state index contributed by atoms with van der Waals surface area (Å²) in [6.45, 7) is 3.52. The number of anilines is 1. The molecule has 1 fully saturated rings. The van der Waals surface area contributed by atoms with Crippen LogP contribution >= 0.6 is 0 Å². The molecule has 1 N–H and O–H groups in total. The molecule has 3 heterocycles. The fraction of sp³-hybridized carbons (Fsp3) is 0.444. The van der Waals surface area contributed by atoms with Crippen LogP contribution in [-0.2, 0) is 0 Å². The van der Waals surface area contributed by atoms with Gasteiger partial charge in [-0.15, -0.1) is 10.2 Å². The minimum atomic E-state index is -0.448. The maximum absolute atomic E-state index is 13.4. The van der Waals surface area contributed by atoms with Gasteiger partial charge in [0.05, 0.1) is 6.20 Å². The fourth-order valence-corrected chi connectivity index (χ4v) is 1.88. The highest BCUT2D eigenvalue weighted by atomic mass is 19.1. The molecule has 0 spiro atoms. The standard InChI is InChI=1S/C9H11FN6/c10-7-5-12-9(15-3-1-11-2-4-15)16-6-13-14-8(7)16/h5-6,11H,1-4H2. The van der Waals surface area contributed by atoms with E-state index in [1.54, 1.807) is 4.40 Å². The molecule has 3 rings (SSSR count). The highest BCUT2D eigenvalue weighted by molar-refractivity contribution is 5.46. The Bertz CT molecular complexity index is 504. The molecule has 0 amide bonds. The SMILES string of the molecule is Fc1cnc(N2CCNCC2)n2cnnc12. The maximum Gasteiger partial charge on any atom is 0.212 e. The summed E-state index contributed by atoms with van der Waals surface area (Å²) in [5.74, 6) is 0.249. The van der Waals surface area contributed by atoms with E-state index < -0.39 is 5.82 Å². The van der Waals surface area contributed by atoms with Crippen molar-refractivity contribution in [3.63, 3.8) is 0 Å². The van der Waals surface area contributed by atoms with Crippen molar-refractivity contribution in [2.24, 2.45) is 0 Å². The maximum atomic E-state index is 13.4. The average Bonchev–Trinajstić information content (AvgIpc) is 2.81. The van der Waals surface area contributed by atoms with Crippen LogP contribution in [0.2, 0.25) is 0 Å². The minimum Gasteiger partial charge on any atom is -0.339 e. The number of aromatic nitrogens is 4. The topological polar surface area (TPSA) is 58.4 Å². The van der Waals surface area contributed by atoms with Gasteiger partial charge in [-0.05, 0) is 0 Å². The summed E-state index contributed by atoms with van der Waals surface area (Å²) >= 11 is 0. The van der Waals surface area contributed by atoms with E-state index in [0.717, 1.165) is 26.2 Å². The molecule has 1 aliphatic heterocycles. The predicted molar refractivity (Wildman–Crippen MR) is 55.8 cm³/mol. The number of rotatable bonds is 1. The number of fused-ring (bicyclic) bond motifs is 1. The Balaban J connectivity index is 2.08. The monoisotopic (exact) mass is 222 g/mol. The summed E-state index contributed by atoms with van der Waals surface area (Å²) < 4.78 is 14.9. The largest absolute Gasteiger partial charge is 0.339 e. The number of nitrogens with zero attached hydrogens (tertiary/aromatic N) is 5. The van der Waals surface area contributed by atoms with E-state index >= 15 is 0 Å². The Kier molecular flexibility index (Phi) is 2.17. The Hall–Kier alpha value is -1.76. The molecule has 2 aromatic rings. The third-order valence-corrected chi connectivity index (χ3v) is 2.67. The molecule has 0 saturated carbocycles. The van der Waals surface area contributed by atoms with E-state index in [9.17, 15) is 4.39 Å². The quantitative estimate of drug-likeness (QED) is 0.716. The zero-order valence-electron chi connectivity index (χ0n) is 8.60. The van der Waals surface area contributed by atoms with Crippen molar-refractivity contribution >= 4 is 11.6 Å². The Labute approximate surface area is 91.1 Å². The van der Waals surface area contributed by atoms with Crippen LogP contribution in [0.5, 0.6) is 0 Å². The summed E-state index contributed by atoms with van der Waals surface area (Å²) in [6.07, 6.45) is 2.68. The van der Waals surface area contributed by atoms with E-state index in [0.29, 0.717) is 5.95 Å². The van der Waals surface area contributed by atoms with Crippen LogP contribution in [0.4, 0.5) is 10.3 Å². The predicted octanol–water partition coefficient (Wildman–Crippen LogP) is -0.327. The van der Waals surface area contributed by atoms with Crippen molar-refractivity contribution in [1.29, 1.82) is 0 Å². The summed E-state index contributed by atoms with van der Waals surface area (Å²) in [5.41, 5.74) is 0.225. The molecule has 0 unspecified atom stereocenters. The van der Waals surface area contributed by atoms with Crippen molar-refractivity contribution in [3.8, 4) is 0 Å². The van der Waals surface area contributed by atoms with Crippen molar-refractivity contribution in [2.45, 2.75) is 0 Å². The van der Waals surface area contributed by atoms with Crippen LogP contribution in [0.3, 0.4) is 0 Å². The molecule has 2 aromatic heterocycles. The first-order valence-corrected chi connectivity index (χ1v) is 5.16. The lowest BCUT2D eigenvalue weighted by Crippen LogP contribution is -2.44. The number of nitrogens with one attached hydrogen (secondary N) is 1. The van der Waals surface area contributed by atoms with Crippen molar-refractivity contribution < 1.29 is 4.39 Å². The summed E-state index contributed by atoms with van der Waals surface area (Å²) in [5, 5.41) is 10.7.